The number of halogens is 1. The van der Waals surface area contributed by atoms with Crippen molar-refractivity contribution < 1.29 is 23.6 Å². The average Bonchev–Trinajstić information content (AvgIpc) is 3.23. The third-order valence-corrected chi connectivity index (χ3v) is 4.75. The minimum absolute atomic E-state index is 0.173. The number of aromatic nitrogens is 2. The second kappa shape index (κ2) is 7.79. The van der Waals surface area contributed by atoms with Gasteiger partial charge >= 0.3 is 5.97 Å². The van der Waals surface area contributed by atoms with Gasteiger partial charge in [0.25, 0.3) is 5.89 Å². The Hall–Kier alpha value is -4.00. The smallest absolute Gasteiger partial charge is 0.338 e. The normalized spacial score (nSPS) is 10.8. The summed E-state index contributed by atoms with van der Waals surface area (Å²) in [4.78, 5) is 15.3. The topological polar surface area (TPSA) is 85.5 Å². The van der Waals surface area contributed by atoms with Gasteiger partial charge in [0.1, 0.15) is 11.6 Å². The van der Waals surface area contributed by atoms with Crippen LogP contribution in [0.3, 0.4) is 0 Å². The molecule has 0 bridgehead atoms. The first-order valence-electron chi connectivity index (χ1n) is 9.09. The van der Waals surface area contributed by atoms with Crippen molar-refractivity contribution in [2.45, 2.75) is 6.92 Å². The van der Waals surface area contributed by atoms with Gasteiger partial charge in [-0.2, -0.15) is 4.98 Å². The molecule has 0 spiro atoms. The first-order chi connectivity index (χ1) is 14.5. The lowest BCUT2D eigenvalue weighted by Gasteiger charge is -2.11. The second-order valence-electron chi connectivity index (χ2n) is 6.65. The zero-order valence-electron chi connectivity index (χ0n) is 16.2. The molecule has 1 aromatic heterocycles. The number of carbonyl (C=O) groups is 1. The van der Waals surface area contributed by atoms with Crippen molar-refractivity contribution in [3.63, 3.8) is 0 Å². The lowest BCUT2D eigenvalue weighted by Crippen LogP contribution is -2.00. The van der Waals surface area contributed by atoms with Crippen LogP contribution in [-0.4, -0.2) is 28.3 Å². The van der Waals surface area contributed by atoms with Crippen LogP contribution in [0.15, 0.2) is 65.2 Å². The van der Waals surface area contributed by atoms with E-state index in [1.807, 2.05) is 49.4 Å². The SMILES string of the molecule is COc1ccccc1-c1ccc(-c2nc(-c3ccc(C(=O)O)c(F)c3)no2)cc1C. The predicted octanol–water partition coefficient (Wildman–Crippen LogP) is 5.22. The van der Waals surface area contributed by atoms with Crippen molar-refractivity contribution in [3.05, 3.63) is 77.6 Å². The van der Waals surface area contributed by atoms with Gasteiger partial charge in [0, 0.05) is 16.7 Å². The molecule has 150 valence electrons. The number of ether oxygens (including phenoxy) is 1. The fraction of sp³-hybridized carbons (Fsp3) is 0.0870. The standard InChI is InChI=1S/C23H17FN2O4/c1-13-11-15(8-9-16(13)17-5-3-4-6-20(17)29-2)22-25-21(26-30-22)14-7-10-18(23(27)28)19(24)12-14/h3-12H,1-2H3,(H,27,28). The number of rotatable bonds is 5. The monoisotopic (exact) mass is 404 g/mol. The van der Waals surface area contributed by atoms with Gasteiger partial charge in [-0.1, -0.05) is 29.4 Å². The van der Waals surface area contributed by atoms with Crippen LogP contribution in [0.2, 0.25) is 0 Å². The Bertz CT molecular complexity index is 1250. The number of carboxylic acids is 1. The summed E-state index contributed by atoms with van der Waals surface area (Å²) in [6, 6.07) is 17.2. The fourth-order valence-electron chi connectivity index (χ4n) is 3.25. The Morgan fingerprint density at radius 1 is 1.03 bits per heavy atom. The average molecular weight is 404 g/mol. The molecule has 0 aliphatic heterocycles. The highest BCUT2D eigenvalue weighted by atomic mass is 19.1. The highest BCUT2D eigenvalue weighted by molar-refractivity contribution is 5.88. The summed E-state index contributed by atoms with van der Waals surface area (Å²) in [5, 5.41) is 12.8. The van der Waals surface area contributed by atoms with E-state index in [0.29, 0.717) is 11.1 Å². The lowest BCUT2D eigenvalue weighted by atomic mass is 9.97. The maximum atomic E-state index is 14.0. The Labute approximate surface area is 171 Å². The van der Waals surface area contributed by atoms with Gasteiger partial charge in [0.15, 0.2) is 0 Å². The number of benzene rings is 3. The molecule has 4 rings (SSSR count). The van der Waals surface area contributed by atoms with E-state index in [1.165, 1.54) is 12.1 Å². The van der Waals surface area contributed by atoms with Crippen molar-refractivity contribution in [1.29, 1.82) is 0 Å². The van der Waals surface area contributed by atoms with E-state index in [-0.39, 0.29) is 11.7 Å². The molecular weight excluding hydrogens is 387 g/mol. The third-order valence-electron chi connectivity index (χ3n) is 4.75. The first-order valence-corrected chi connectivity index (χ1v) is 9.09. The molecule has 0 atom stereocenters. The van der Waals surface area contributed by atoms with E-state index in [0.717, 1.165) is 28.5 Å². The second-order valence-corrected chi connectivity index (χ2v) is 6.65. The van der Waals surface area contributed by atoms with Gasteiger partial charge in [-0.25, -0.2) is 9.18 Å². The highest BCUT2D eigenvalue weighted by Gasteiger charge is 2.16. The van der Waals surface area contributed by atoms with E-state index in [1.54, 1.807) is 7.11 Å². The largest absolute Gasteiger partial charge is 0.496 e. The van der Waals surface area contributed by atoms with E-state index in [2.05, 4.69) is 10.1 Å². The zero-order valence-corrected chi connectivity index (χ0v) is 16.2. The number of carboxylic acid groups (broad SMARTS) is 1. The first kappa shape index (κ1) is 19.3. The van der Waals surface area contributed by atoms with Crippen LogP contribution in [-0.2, 0) is 0 Å². The van der Waals surface area contributed by atoms with Crippen LogP contribution in [0.4, 0.5) is 4.39 Å². The van der Waals surface area contributed by atoms with Crippen LogP contribution >= 0.6 is 0 Å². The third kappa shape index (κ3) is 3.53. The summed E-state index contributed by atoms with van der Waals surface area (Å²) in [7, 11) is 1.63. The van der Waals surface area contributed by atoms with Crippen LogP contribution in [0.5, 0.6) is 5.75 Å². The molecule has 4 aromatic rings. The Morgan fingerprint density at radius 3 is 2.50 bits per heavy atom. The van der Waals surface area contributed by atoms with Crippen LogP contribution in [0.25, 0.3) is 34.0 Å². The minimum atomic E-state index is -1.33. The van der Waals surface area contributed by atoms with Crippen LogP contribution in [0.1, 0.15) is 15.9 Å². The molecule has 1 N–H and O–H groups in total. The summed E-state index contributed by atoms with van der Waals surface area (Å²) in [5.74, 6) is -0.961. The summed E-state index contributed by atoms with van der Waals surface area (Å²) in [5.41, 5.74) is 3.62. The number of hydrogen-bond donors (Lipinski definition) is 1. The molecule has 30 heavy (non-hydrogen) atoms. The van der Waals surface area contributed by atoms with Crippen molar-refractivity contribution in [1.82, 2.24) is 10.1 Å². The van der Waals surface area contributed by atoms with Gasteiger partial charge < -0.3 is 14.4 Å². The summed E-state index contributed by atoms with van der Waals surface area (Å²) in [6.45, 7) is 1.97. The number of nitrogens with zero attached hydrogens (tertiary/aromatic N) is 2. The Morgan fingerprint density at radius 2 is 1.80 bits per heavy atom. The molecular formula is C23H17FN2O4. The number of aryl methyl sites for hydroxylation is 1. The van der Waals surface area contributed by atoms with Gasteiger partial charge in [0.05, 0.1) is 12.7 Å². The van der Waals surface area contributed by atoms with Crippen molar-refractivity contribution >= 4 is 5.97 Å². The minimum Gasteiger partial charge on any atom is -0.496 e. The van der Waals surface area contributed by atoms with Crippen LogP contribution < -0.4 is 4.74 Å². The maximum absolute atomic E-state index is 14.0. The van der Waals surface area contributed by atoms with E-state index < -0.39 is 17.3 Å². The lowest BCUT2D eigenvalue weighted by molar-refractivity contribution is 0.0692. The molecule has 0 saturated carbocycles. The zero-order chi connectivity index (χ0) is 21.3. The number of aromatic carboxylic acids is 1. The van der Waals surface area contributed by atoms with Gasteiger partial charge in [-0.05, 0) is 54.4 Å². The Kier molecular flexibility index (Phi) is 5.02. The molecule has 0 saturated heterocycles. The number of hydrogen-bond acceptors (Lipinski definition) is 5. The number of methoxy groups -OCH3 is 1. The van der Waals surface area contributed by atoms with Crippen molar-refractivity contribution in [2.24, 2.45) is 0 Å². The molecule has 0 aliphatic carbocycles. The quantitative estimate of drug-likeness (QED) is 0.491. The molecule has 0 amide bonds. The molecule has 0 unspecified atom stereocenters. The molecule has 0 aliphatic rings. The summed E-state index contributed by atoms with van der Waals surface area (Å²) in [6.07, 6.45) is 0. The fourth-order valence-corrected chi connectivity index (χ4v) is 3.25. The molecule has 0 radical (unpaired) electrons. The van der Waals surface area contributed by atoms with Crippen molar-refractivity contribution in [2.75, 3.05) is 7.11 Å². The summed E-state index contributed by atoms with van der Waals surface area (Å²) < 4.78 is 24.7. The number of para-hydroxylation sites is 1. The summed E-state index contributed by atoms with van der Waals surface area (Å²) >= 11 is 0. The van der Waals surface area contributed by atoms with Gasteiger partial charge in [-0.3, -0.25) is 0 Å². The van der Waals surface area contributed by atoms with Crippen LogP contribution in [0, 0.1) is 12.7 Å². The van der Waals surface area contributed by atoms with Gasteiger partial charge in [0.2, 0.25) is 5.82 Å². The van der Waals surface area contributed by atoms with E-state index in [9.17, 15) is 9.18 Å². The maximum Gasteiger partial charge on any atom is 0.338 e. The predicted molar refractivity (Wildman–Crippen MR) is 109 cm³/mol. The van der Waals surface area contributed by atoms with E-state index >= 15 is 0 Å². The molecule has 7 heteroatoms. The Balaban J connectivity index is 1.66. The molecule has 1 heterocycles. The molecule has 0 fully saturated rings. The highest BCUT2D eigenvalue weighted by Crippen LogP contribution is 2.34. The van der Waals surface area contributed by atoms with Gasteiger partial charge in [-0.15, -0.1) is 0 Å². The molecule has 6 nitrogen and oxygen atoms in total. The van der Waals surface area contributed by atoms with Crippen molar-refractivity contribution in [3.8, 4) is 39.7 Å². The van der Waals surface area contributed by atoms with E-state index in [4.69, 9.17) is 14.4 Å². The molecule has 3 aromatic carbocycles.